The summed E-state index contributed by atoms with van der Waals surface area (Å²) >= 11 is 0. The van der Waals surface area contributed by atoms with Gasteiger partial charge >= 0.3 is 11.9 Å². The average Bonchev–Trinajstić information content (AvgIpc) is 2.78. The van der Waals surface area contributed by atoms with E-state index in [1.165, 1.54) is 0 Å². The van der Waals surface area contributed by atoms with Crippen molar-refractivity contribution in [2.24, 2.45) is 5.41 Å². The van der Waals surface area contributed by atoms with E-state index in [0.29, 0.717) is 0 Å². The van der Waals surface area contributed by atoms with Gasteiger partial charge in [-0.15, -0.1) is 0 Å². The summed E-state index contributed by atoms with van der Waals surface area (Å²) in [7, 11) is 0. The van der Waals surface area contributed by atoms with E-state index in [4.69, 9.17) is 9.47 Å². The minimum atomic E-state index is -1.50. The van der Waals surface area contributed by atoms with Gasteiger partial charge in [-0.3, -0.25) is 9.59 Å². The van der Waals surface area contributed by atoms with Crippen molar-refractivity contribution in [2.45, 2.75) is 45.8 Å². The molecule has 0 aromatic heterocycles. The van der Waals surface area contributed by atoms with Crippen molar-refractivity contribution in [1.82, 2.24) is 0 Å². The Hall–Kier alpha value is -3.40. The summed E-state index contributed by atoms with van der Waals surface area (Å²) < 4.78 is 11.7. The van der Waals surface area contributed by atoms with Crippen LogP contribution in [-0.4, -0.2) is 17.5 Å². The highest BCUT2D eigenvalue weighted by Crippen LogP contribution is 2.33. The Kier molecular flexibility index (Phi) is 7.14. The summed E-state index contributed by atoms with van der Waals surface area (Å²) in [5, 5.41) is 0. The molecule has 3 aromatic rings. The second-order valence-corrected chi connectivity index (χ2v) is 9.10. The van der Waals surface area contributed by atoms with E-state index in [2.05, 4.69) is 0 Å². The van der Waals surface area contributed by atoms with Crippen molar-refractivity contribution in [3.63, 3.8) is 0 Å². The van der Waals surface area contributed by atoms with Crippen LogP contribution in [0.1, 0.15) is 50.5 Å². The number of carbonyl (C=O) groups is 2. The lowest BCUT2D eigenvalue weighted by Gasteiger charge is -2.31. The normalized spacial score (nSPS) is 13.3. The van der Waals surface area contributed by atoms with E-state index >= 15 is 0 Å². The second-order valence-electron chi connectivity index (χ2n) is 9.10. The van der Waals surface area contributed by atoms with Gasteiger partial charge in [0.2, 0.25) is 0 Å². The van der Waals surface area contributed by atoms with Gasteiger partial charge in [-0.2, -0.15) is 0 Å². The Balaban J connectivity index is 1.97. The third-order valence-corrected chi connectivity index (χ3v) is 5.13. The predicted molar refractivity (Wildman–Crippen MR) is 125 cm³/mol. The maximum Gasteiger partial charge on any atom is 0.324 e. The van der Waals surface area contributed by atoms with Gasteiger partial charge in [0.1, 0.15) is 5.60 Å². The van der Waals surface area contributed by atoms with Gasteiger partial charge in [0.15, 0.2) is 11.5 Å². The molecule has 0 aliphatic rings. The molecular weight excluding hydrogens is 400 g/mol. The molecular formula is C28H30O4. The Bertz CT molecular complexity index is 984. The molecule has 0 saturated carbocycles. The molecule has 0 fully saturated rings. The number of benzene rings is 3. The number of carbonyl (C=O) groups excluding carboxylic acids is 2. The zero-order chi connectivity index (χ0) is 23.2. The van der Waals surface area contributed by atoms with E-state index < -0.39 is 29.1 Å². The molecule has 0 heterocycles. The summed E-state index contributed by atoms with van der Waals surface area (Å²) in [5.74, 6) is -1.22. The van der Waals surface area contributed by atoms with Gasteiger partial charge in [0.25, 0.3) is 0 Å². The van der Waals surface area contributed by atoms with E-state index in [9.17, 15) is 9.59 Å². The third-order valence-electron chi connectivity index (χ3n) is 5.13. The molecule has 0 N–H and O–H groups in total. The number of ether oxygens (including phenoxy) is 2. The van der Waals surface area contributed by atoms with Gasteiger partial charge < -0.3 is 9.47 Å². The van der Waals surface area contributed by atoms with Crippen molar-refractivity contribution in [2.75, 3.05) is 0 Å². The van der Waals surface area contributed by atoms with Crippen LogP contribution in [0.3, 0.4) is 0 Å². The SMILES string of the molecule is CC(C)(C)OC(=O)[C@@](C)(Cc1ccccc1)C(=O)OC(c1ccccc1)c1ccccc1. The van der Waals surface area contributed by atoms with Gasteiger partial charge in [0.05, 0.1) is 0 Å². The highest BCUT2D eigenvalue weighted by molar-refractivity contribution is 6.00. The lowest BCUT2D eigenvalue weighted by molar-refractivity contribution is -0.180. The predicted octanol–water partition coefficient (Wildman–Crippen LogP) is 5.91. The van der Waals surface area contributed by atoms with Crippen molar-refractivity contribution < 1.29 is 19.1 Å². The number of hydrogen-bond acceptors (Lipinski definition) is 4. The van der Waals surface area contributed by atoms with Crippen molar-refractivity contribution in [1.29, 1.82) is 0 Å². The van der Waals surface area contributed by atoms with Crippen molar-refractivity contribution in [3.8, 4) is 0 Å². The van der Waals surface area contributed by atoms with E-state index in [1.54, 1.807) is 27.7 Å². The topological polar surface area (TPSA) is 52.6 Å². The first-order valence-corrected chi connectivity index (χ1v) is 10.8. The summed E-state index contributed by atoms with van der Waals surface area (Å²) in [6, 6.07) is 28.5. The van der Waals surface area contributed by atoms with E-state index in [-0.39, 0.29) is 6.42 Å². The summed E-state index contributed by atoms with van der Waals surface area (Å²) in [4.78, 5) is 26.9. The Morgan fingerprint density at radius 2 is 1.12 bits per heavy atom. The molecule has 0 aliphatic heterocycles. The molecule has 0 radical (unpaired) electrons. The molecule has 3 rings (SSSR count). The standard InChI is InChI=1S/C28H30O4/c1-27(2,3)32-26(30)28(4,20-21-14-8-5-9-15-21)25(29)31-24(22-16-10-6-11-17-22)23-18-12-7-13-19-23/h5-19,24H,20H2,1-4H3/t28-/m0/s1. The van der Waals surface area contributed by atoms with Gasteiger partial charge in [-0.1, -0.05) is 91.0 Å². The van der Waals surface area contributed by atoms with E-state index in [0.717, 1.165) is 16.7 Å². The van der Waals surface area contributed by atoms with Crippen LogP contribution in [0.2, 0.25) is 0 Å². The molecule has 166 valence electrons. The Morgan fingerprint density at radius 3 is 1.56 bits per heavy atom. The summed E-state index contributed by atoms with van der Waals surface area (Å²) in [6.07, 6.45) is -0.458. The number of hydrogen-bond donors (Lipinski definition) is 0. The van der Waals surface area contributed by atoms with Gasteiger partial charge in [-0.25, -0.2) is 0 Å². The maximum atomic E-state index is 13.6. The molecule has 4 nitrogen and oxygen atoms in total. The quantitative estimate of drug-likeness (QED) is 0.345. The first kappa shape index (κ1) is 23.3. The van der Waals surface area contributed by atoms with Crippen LogP contribution in [0.15, 0.2) is 91.0 Å². The fourth-order valence-electron chi connectivity index (χ4n) is 3.44. The summed E-state index contributed by atoms with van der Waals surface area (Å²) in [6.45, 7) is 6.96. The van der Waals surface area contributed by atoms with Crippen molar-refractivity contribution in [3.05, 3.63) is 108 Å². The van der Waals surface area contributed by atoms with Crippen LogP contribution in [0.25, 0.3) is 0 Å². The molecule has 3 aromatic carbocycles. The highest BCUT2D eigenvalue weighted by atomic mass is 16.6. The van der Waals surface area contributed by atoms with Crippen molar-refractivity contribution >= 4 is 11.9 Å². The monoisotopic (exact) mass is 430 g/mol. The van der Waals surface area contributed by atoms with Crippen LogP contribution in [0.5, 0.6) is 0 Å². The minimum Gasteiger partial charge on any atom is -0.459 e. The van der Waals surface area contributed by atoms with E-state index in [1.807, 2.05) is 91.0 Å². The fourth-order valence-corrected chi connectivity index (χ4v) is 3.44. The largest absolute Gasteiger partial charge is 0.459 e. The molecule has 0 aliphatic carbocycles. The first-order chi connectivity index (χ1) is 15.2. The maximum absolute atomic E-state index is 13.6. The first-order valence-electron chi connectivity index (χ1n) is 10.8. The second kappa shape index (κ2) is 9.82. The highest BCUT2D eigenvalue weighted by Gasteiger charge is 2.47. The fraction of sp³-hybridized carbons (Fsp3) is 0.286. The Morgan fingerprint density at radius 1 is 0.688 bits per heavy atom. The van der Waals surface area contributed by atoms with Gasteiger partial charge in [0, 0.05) is 0 Å². The molecule has 0 saturated heterocycles. The summed E-state index contributed by atoms with van der Waals surface area (Å²) in [5.41, 5.74) is 0.287. The average molecular weight is 431 g/mol. The van der Waals surface area contributed by atoms with Crippen LogP contribution >= 0.6 is 0 Å². The molecule has 0 spiro atoms. The zero-order valence-corrected chi connectivity index (χ0v) is 19.1. The molecule has 1 atom stereocenters. The number of rotatable bonds is 7. The lowest BCUT2D eigenvalue weighted by Crippen LogP contribution is -2.44. The van der Waals surface area contributed by atoms with Crippen LogP contribution in [-0.2, 0) is 25.5 Å². The third kappa shape index (κ3) is 5.85. The minimum absolute atomic E-state index is 0.178. The van der Waals surface area contributed by atoms with Crippen LogP contribution in [0, 0.1) is 5.41 Å². The molecule has 0 bridgehead atoms. The lowest BCUT2D eigenvalue weighted by atomic mass is 9.83. The van der Waals surface area contributed by atoms with Crippen LogP contribution < -0.4 is 0 Å². The number of esters is 2. The van der Waals surface area contributed by atoms with Crippen LogP contribution in [0.4, 0.5) is 0 Å². The Labute approximate surface area is 190 Å². The molecule has 0 amide bonds. The molecule has 0 unspecified atom stereocenters. The van der Waals surface area contributed by atoms with Gasteiger partial charge in [-0.05, 0) is 50.8 Å². The zero-order valence-electron chi connectivity index (χ0n) is 19.1. The molecule has 32 heavy (non-hydrogen) atoms. The molecule has 4 heteroatoms. The smallest absolute Gasteiger partial charge is 0.324 e.